The smallest absolute Gasteiger partial charge is 0.272 e. The average molecular weight is 333 g/mol. The molecule has 1 aliphatic heterocycles. The van der Waals surface area contributed by atoms with E-state index >= 15 is 0 Å². The standard InChI is InChI=1S/C12H17BrN2O2S/c1-7-14-9(10(13)18-7)11(16)15-8-4-5-17-12(2,3)6-8/h8H,4-6H2,1-3H3,(H,15,16)/t8-/m1/s1. The van der Waals surface area contributed by atoms with Crippen LogP contribution in [0.1, 0.15) is 42.2 Å². The van der Waals surface area contributed by atoms with Crippen LogP contribution in [0.2, 0.25) is 0 Å². The number of hydrogen-bond acceptors (Lipinski definition) is 4. The molecule has 6 heteroatoms. The number of ether oxygens (including phenoxy) is 1. The fourth-order valence-electron chi connectivity index (χ4n) is 2.15. The number of amides is 1. The first kappa shape index (κ1) is 14.0. The van der Waals surface area contributed by atoms with E-state index in [-0.39, 0.29) is 17.6 Å². The molecule has 0 aromatic carbocycles. The van der Waals surface area contributed by atoms with E-state index in [0.717, 1.165) is 21.6 Å². The molecule has 1 amide bonds. The molecule has 1 N–H and O–H groups in total. The van der Waals surface area contributed by atoms with E-state index in [0.29, 0.717) is 12.3 Å². The van der Waals surface area contributed by atoms with Gasteiger partial charge in [0.25, 0.3) is 5.91 Å². The number of thiazole rings is 1. The van der Waals surface area contributed by atoms with Gasteiger partial charge in [0.1, 0.15) is 3.79 Å². The second kappa shape index (κ2) is 5.27. The van der Waals surface area contributed by atoms with Crippen molar-refractivity contribution in [2.75, 3.05) is 6.61 Å². The van der Waals surface area contributed by atoms with Crippen molar-refractivity contribution in [3.8, 4) is 0 Å². The van der Waals surface area contributed by atoms with Gasteiger partial charge >= 0.3 is 0 Å². The Morgan fingerprint density at radius 3 is 2.89 bits per heavy atom. The summed E-state index contributed by atoms with van der Waals surface area (Å²) in [7, 11) is 0. The minimum atomic E-state index is -0.161. The lowest BCUT2D eigenvalue weighted by Crippen LogP contribution is -2.45. The van der Waals surface area contributed by atoms with Crippen LogP contribution < -0.4 is 5.32 Å². The summed E-state index contributed by atoms with van der Waals surface area (Å²) in [6.45, 7) is 6.68. The Labute approximate surface area is 119 Å². The topological polar surface area (TPSA) is 51.2 Å². The number of carbonyl (C=O) groups excluding carboxylic acids is 1. The summed E-state index contributed by atoms with van der Waals surface area (Å²) < 4.78 is 6.43. The summed E-state index contributed by atoms with van der Waals surface area (Å²) in [6, 6.07) is 0.162. The molecule has 0 radical (unpaired) electrons. The lowest BCUT2D eigenvalue weighted by Gasteiger charge is -2.35. The van der Waals surface area contributed by atoms with Gasteiger partial charge < -0.3 is 10.1 Å². The van der Waals surface area contributed by atoms with E-state index in [4.69, 9.17) is 4.74 Å². The molecular formula is C12H17BrN2O2S. The van der Waals surface area contributed by atoms with Gasteiger partial charge in [-0.25, -0.2) is 4.98 Å². The maximum Gasteiger partial charge on any atom is 0.272 e. The van der Waals surface area contributed by atoms with E-state index in [1.54, 1.807) is 0 Å². The summed E-state index contributed by atoms with van der Waals surface area (Å²) in [6.07, 6.45) is 1.69. The molecule has 2 heterocycles. The predicted molar refractivity (Wildman–Crippen MR) is 75.1 cm³/mol. The van der Waals surface area contributed by atoms with Gasteiger partial charge in [0, 0.05) is 12.6 Å². The molecule has 0 aliphatic carbocycles. The van der Waals surface area contributed by atoms with Gasteiger partial charge in [-0.05, 0) is 49.5 Å². The maximum absolute atomic E-state index is 12.1. The van der Waals surface area contributed by atoms with Crippen molar-refractivity contribution >= 4 is 33.2 Å². The molecule has 1 fully saturated rings. The summed E-state index contributed by atoms with van der Waals surface area (Å²) >= 11 is 4.85. The van der Waals surface area contributed by atoms with Gasteiger partial charge in [-0.2, -0.15) is 0 Å². The highest BCUT2D eigenvalue weighted by molar-refractivity contribution is 9.11. The third-order valence-electron chi connectivity index (χ3n) is 2.94. The van der Waals surface area contributed by atoms with Crippen molar-refractivity contribution in [3.05, 3.63) is 14.5 Å². The molecule has 1 saturated heterocycles. The van der Waals surface area contributed by atoms with E-state index in [1.165, 1.54) is 11.3 Å². The van der Waals surface area contributed by atoms with Crippen LogP contribution in [-0.2, 0) is 4.74 Å². The Kier molecular flexibility index (Phi) is 4.08. The fourth-order valence-corrected chi connectivity index (χ4v) is 3.75. The number of nitrogens with one attached hydrogen (secondary N) is 1. The molecule has 4 nitrogen and oxygen atoms in total. The van der Waals surface area contributed by atoms with E-state index in [2.05, 4.69) is 26.2 Å². The normalized spacial score (nSPS) is 22.8. The van der Waals surface area contributed by atoms with Crippen molar-refractivity contribution in [1.29, 1.82) is 0 Å². The van der Waals surface area contributed by atoms with E-state index in [9.17, 15) is 4.79 Å². The minimum Gasteiger partial charge on any atom is -0.375 e. The molecule has 1 aliphatic rings. The van der Waals surface area contributed by atoms with Crippen LogP contribution in [0.5, 0.6) is 0 Å². The molecular weight excluding hydrogens is 316 g/mol. The number of hydrogen-bond donors (Lipinski definition) is 1. The van der Waals surface area contributed by atoms with Crippen LogP contribution in [0, 0.1) is 6.92 Å². The first-order valence-electron chi connectivity index (χ1n) is 5.95. The van der Waals surface area contributed by atoms with Gasteiger partial charge in [0.2, 0.25) is 0 Å². The minimum absolute atomic E-state index is 0.103. The molecule has 0 unspecified atom stereocenters. The van der Waals surface area contributed by atoms with Crippen molar-refractivity contribution in [2.24, 2.45) is 0 Å². The van der Waals surface area contributed by atoms with Crippen molar-refractivity contribution < 1.29 is 9.53 Å². The maximum atomic E-state index is 12.1. The van der Waals surface area contributed by atoms with Crippen LogP contribution in [0.4, 0.5) is 0 Å². The summed E-state index contributed by atoms with van der Waals surface area (Å²) in [5, 5.41) is 3.93. The monoisotopic (exact) mass is 332 g/mol. The number of halogens is 1. The Morgan fingerprint density at radius 2 is 2.33 bits per heavy atom. The van der Waals surface area contributed by atoms with Crippen molar-refractivity contribution in [1.82, 2.24) is 10.3 Å². The molecule has 2 rings (SSSR count). The Morgan fingerprint density at radius 1 is 1.61 bits per heavy atom. The molecule has 0 bridgehead atoms. The van der Waals surface area contributed by atoms with E-state index < -0.39 is 0 Å². The first-order chi connectivity index (χ1) is 8.37. The zero-order chi connectivity index (χ0) is 13.3. The fraction of sp³-hybridized carbons (Fsp3) is 0.667. The number of aromatic nitrogens is 1. The number of nitrogens with zero attached hydrogens (tertiary/aromatic N) is 1. The van der Waals surface area contributed by atoms with Crippen molar-refractivity contribution in [3.63, 3.8) is 0 Å². The highest BCUT2D eigenvalue weighted by atomic mass is 79.9. The Balaban J connectivity index is 2.01. The van der Waals surface area contributed by atoms with Crippen LogP contribution in [0.3, 0.4) is 0 Å². The summed E-state index contributed by atoms with van der Waals surface area (Å²) in [5.74, 6) is -0.103. The highest BCUT2D eigenvalue weighted by Gasteiger charge is 2.30. The van der Waals surface area contributed by atoms with Crippen LogP contribution in [-0.4, -0.2) is 29.1 Å². The Hall–Kier alpha value is -0.460. The molecule has 0 spiro atoms. The van der Waals surface area contributed by atoms with Gasteiger partial charge in [-0.15, -0.1) is 11.3 Å². The molecule has 1 aromatic heterocycles. The van der Waals surface area contributed by atoms with Crippen molar-refractivity contribution in [2.45, 2.75) is 45.3 Å². The number of aryl methyl sites for hydroxylation is 1. The highest BCUT2D eigenvalue weighted by Crippen LogP contribution is 2.26. The zero-order valence-corrected chi connectivity index (χ0v) is 13.2. The Bertz CT molecular complexity index is 459. The van der Waals surface area contributed by atoms with Gasteiger partial charge in [-0.1, -0.05) is 0 Å². The average Bonchev–Trinajstić information content (AvgIpc) is 2.56. The predicted octanol–water partition coefficient (Wildman–Crippen LogP) is 2.90. The molecule has 100 valence electrons. The molecule has 18 heavy (non-hydrogen) atoms. The number of rotatable bonds is 2. The largest absolute Gasteiger partial charge is 0.375 e. The molecule has 1 atom stereocenters. The van der Waals surface area contributed by atoms with Crippen LogP contribution in [0.15, 0.2) is 3.79 Å². The van der Waals surface area contributed by atoms with E-state index in [1.807, 2.05) is 20.8 Å². The van der Waals surface area contributed by atoms with Crippen LogP contribution >= 0.6 is 27.3 Å². The third-order valence-corrected chi connectivity index (χ3v) is 4.56. The number of carbonyl (C=O) groups is 1. The second-order valence-corrected chi connectivity index (χ2v) is 7.65. The zero-order valence-electron chi connectivity index (χ0n) is 10.7. The summed E-state index contributed by atoms with van der Waals surface area (Å²) in [4.78, 5) is 16.4. The quantitative estimate of drug-likeness (QED) is 0.905. The second-order valence-electron chi connectivity index (χ2n) is 5.13. The van der Waals surface area contributed by atoms with Gasteiger partial charge in [-0.3, -0.25) is 4.79 Å². The molecule has 0 saturated carbocycles. The third kappa shape index (κ3) is 3.30. The first-order valence-corrected chi connectivity index (χ1v) is 7.56. The lowest BCUT2D eigenvalue weighted by molar-refractivity contribution is -0.0615. The molecule has 1 aromatic rings. The lowest BCUT2D eigenvalue weighted by atomic mass is 9.94. The van der Waals surface area contributed by atoms with Gasteiger partial charge in [0.05, 0.1) is 10.6 Å². The van der Waals surface area contributed by atoms with Gasteiger partial charge in [0.15, 0.2) is 5.69 Å². The SMILES string of the molecule is Cc1nc(C(=O)N[C@@H]2CCOC(C)(C)C2)c(Br)s1. The summed E-state index contributed by atoms with van der Waals surface area (Å²) in [5.41, 5.74) is 0.326. The van der Waals surface area contributed by atoms with Crippen LogP contribution in [0.25, 0.3) is 0 Å².